The number of hydrogen-bond donors (Lipinski definition) is 3. The lowest BCUT2D eigenvalue weighted by Crippen LogP contribution is -1.68. The number of hydrogen-bond acceptors (Lipinski definition) is 5. The van der Waals surface area contributed by atoms with E-state index in [9.17, 15) is 10.2 Å². The molecular weight excluding hydrogens is 220 g/mol. The molecule has 2 aromatic rings. The highest BCUT2D eigenvalue weighted by molar-refractivity contribution is 5.50. The van der Waals surface area contributed by atoms with Crippen molar-refractivity contribution in [3.8, 4) is 17.2 Å². The molecule has 0 radical (unpaired) electrons. The summed E-state index contributed by atoms with van der Waals surface area (Å²) < 4.78 is 0. The van der Waals surface area contributed by atoms with Crippen molar-refractivity contribution in [2.75, 3.05) is 0 Å². The van der Waals surface area contributed by atoms with Gasteiger partial charge >= 0.3 is 0 Å². The molecule has 0 spiro atoms. The first-order valence-corrected chi connectivity index (χ1v) is 4.88. The Morgan fingerprint density at radius 1 is 0.706 bits per heavy atom. The summed E-state index contributed by atoms with van der Waals surface area (Å²) in [5.74, 6) is -0.353. The third kappa shape index (κ3) is 2.72. The second-order valence-corrected chi connectivity index (χ2v) is 3.39. The Bertz CT molecular complexity index is 567. The van der Waals surface area contributed by atoms with Gasteiger partial charge in [-0.05, 0) is 24.3 Å². The summed E-state index contributed by atoms with van der Waals surface area (Å²) >= 11 is 0. The SMILES string of the molecule is Oc1cccc(N=Nc2ccc(O)c(O)c2)c1. The number of phenolic OH excluding ortho intramolecular Hbond substituents is 3. The molecule has 0 aliphatic carbocycles. The summed E-state index contributed by atoms with van der Waals surface area (Å²) in [6.45, 7) is 0. The van der Waals surface area contributed by atoms with E-state index in [4.69, 9.17) is 5.11 Å². The van der Waals surface area contributed by atoms with Crippen LogP contribution in [0.15, 0.2) is 52.7 Å². The van der Waals surface area contributed by atoms with Gasteiger partial charge in [-0.1, -0.05) is 6.07 Å². The van der Waals surface area contributed by atoms with E-state index < -0.39 is 0 Å². The fourth-order valence-corrected chi connectivity index (χ4v) is 1.24. The molecule has 0 bridgehead atoms. The van der Waals surface area contributed by atoms with Crippen molar-refractivity contribution >= 4 is 11.4 Å². The van der Waals surface area contributed by atoms with Crippen molar-refractivity contribution in [1.82, 2.24) is 0 Å². The van der Waals surface area contributed by atoms with Gasteiger partial charge < -0.3 is 15.3 Å². The number of benzene rings is 2. The summed E-state index contributed by atoms with van der Waals surface area (Å²) in [6, 6.07) is 10.5. The molecule has 3 N–H and O–H groups in total. The molecule has 0 atom stereocenters. The van der Waals surface area contributed by atoms with Crippen LogP contribution in [0.5, 0.6) is 17.2 Å². The summed E-state index contributed by atoms with van der Waals surface area (Å²) in [6.07, 6.45) is 0. The van der Waals surface area contributed by atoms with E-state index >= 15 is 0 Å². The molecule has 2 rings (SSSR count). The monoisotopic (exact) mass is 230 g/mol. The second-order valence-electron chi connectivity index (χ2n) is 3.39. The molecule has 0 amide bonds. The highest BCUT2D eigenvalue weighted by atomic mass is 16.3. The molecule has 0 aliphatic heterocycles. The maximum Gasteiger partial charge on any atom is 0.159 e. The minimum absolute atomic E-state index is 0.106. The van der Waals surface area contributed by atoms with Crippen molar-refractivity contribution < 1.29 is 15.3 Å². The van der Waals surface area contributed by atoms with Crippen molar-refractivity contribution in [3.63, 3.8) is 0 Å². The van der Waals surface area contributed by atoms with Gasteiger partial charge in [0.1, 0.15) is 5.75 Å². The average molecular weight is 230 g/mol. The largest absolute Gasteiger partial charge is 0.508 e. The molecule has 0 unspecified atom stereocenters. The van der Waals surface area contributed by atoms with Crippen LogP contribution < -0.4 is 0 Å². The Balaban J connectivity index is 2.23. The van der Waals surface area contributed by atoms with E-state index in [0.717, 1.165) is 0 Å². The molecule has 5 heteroatoms. The molecule has 0 saturated heterocycles. The molecule has 0 heterocycles. The van der Waals surface area contributed by atoms with Gasteiger partial charge in [0.15, 0.2) is 11.5 Å². The van der Waals surface area contributed by atoms with Gasteiger partial charge in [0.25, 0.3) is 0 Å². The van der Waals surface area contributed by atoms with Crippen LogP contribution in [0.1, 0.15) is 0 Å². The van der Waals surface area contributed by atoms with E-state index in [1.54, 1.807) is 12.1 Å². The maximum atomic E-state index is 9.25. The first-order chi connectivity index (χ1) is 8.15. The standard InChI is InChI=1S/C12H10N2O3/c15-10-3-1-2-8(6-10)13-14-9-4-5-11(16)12(17)7-9/h1-7,15-17H. The van der Waals surface area contributed by atoms with E-state index in [2.05, 4.69) is 10.2 Å². The summed E-state index contributed by atoms with van der Waals surface area (Å²) in [5.41, 5.74) is 0.904. The quantitative estimate of drug-likeness (QED) is 0.547. The molecule has 0 fully saturated rings. The predicted molar refractivity (Wildman–Crippen MR) is 62.1 cm³/mol. The minimum atomic E-state index is -0.252. The second kappa shape index (κ2) is 4.52. The fraction of sp³-hybridized carbons (Fsp3) is 0. The first kappa shape index (κ1) is 10.9. The van der Waals surface area contributed by atoms with Crippen LogP contribution in [0.4, 0.5) is 11.4 Å². The van der Waals surface area contributed by atoms with Crippen molar-refractivity contribution in [2.24, 2.45) is 10.2 Å². The van der Waals surface area contributed by atoms with Crippen LogP contribution in [0, 0.1) is 0 Å². The van der Waals surface area contributed by atoms with Crippen LogP contribution in [0.25, 0.3) is 0 Å². The zero-order valence-electron chi connectivity index (χ0n) is 8.78. The van der Waals surface area contributed by atoms with Crippen molar-refractivity contribution in [1.29, 1.82) is 0 Å². The zero-order valence-corrected chi connectivity index (χ0v) is 8.78. The van der Waals surface area contributed by atoms with E-state index in [-0.39, 0.29) is 17.2 Å². The van der Waals surface area contributed by atoms with Crippen LogP contribution in [0.3, 0.4) is 0 Å². The van der Waals surface area contributed by atoms with Crippen LogP contribution in [-0.4, -0.2) is 15.3 Å². The zero-order chi connectivity index (χ0) is 12.3. The Labute approximate surface area is 97.3 Å². The highest BCUT2D eigenvalue weighted by Gasteiger charge is 1.99. The fourth-order valence-electron chi connectivity index (χ4n) is 1.24. The van der Waals surface area contributed by atoms with Gasteiger partial charge in [0.2, 0.25) is 0 Å². The lowest BCUT2D eigenvalue weighted by atomic mass is 10.3. The molecule has 0 saturated carbocycles. The van der Waals surface area contributed by atoms with E-state index in [1.165, 1.54) is 30.3 Å². The maximum absolute atomic E-state index is 9.25. The van der Waals surface area contributed by atoms with Crippen LogP contribution in [0.2, 0.25) is 0 Å². The molecule has 17 heavy (non-hydrogen) atoms. The third-order valence-electron chi connectivity index (χ3n) is 2.07. The Hall–Kier alpha value is -2.56. The Morgan fingerprint density at radius 3 is 2.06 bits per heavy atom. The predicted octanol–water partition coefficient (Wildman–Crippen LogP) is 3.22. The number of rotatable bonds is 2. The van der Waals surface area contributed by atoms with Gasteiger partial charge in [0, 0.05) is 12.1 Å². The summed E-state index contributed by atoms with van der Waals surface area (Å²) in [7, 11) is 0. The van der Waals surface area contributed by atoms with E-state index in [0.29, 0.717) is 11.4 Å². The molecule has 86 valence electrons. The molecule has 5 nitrogen and oxygen atoms in total. The third-order valence-corrected chi connectivity index (χ3v) is 2.07. The molecule has 2 aromatic carbocycles. The Morgan fingerprint density at radius 2 is 1.41 bits per heavy atom. The smallest absolute Gasteiger partial charge is 0.159 e. The van der Waals surface area contributed by atoms with Crippen LogP contribution in [-0.2, 0) is 0 Å². The number of nitrogens with zero attached hydrogens (tertiary/aromatic N) is 2. The lowest BCUT2D eigenvalue weighted by molar-refractivity contribution is 0.404. The van der Waals surface area contributed by atoms with Gasteiger partial charge in [0.05, 0.1) is 11.4 Å². The van der Waals surface area contributed by atoms with Gasteiger partial charge in [-0.2, -0.15) is 10.2 Å². The normalized spacial score (nSPS) is 10.8. The van der Waals surface area contributed by atoms with Crippen molar-refractivity contribution in [2.45, 2.75) is 0 Å². The number of azo groups is 1. The number of phenols is 3. The molecule has 0 aliphatic rings. The highest BCUT2D eigenvalue weighted by Crippen LogP contribution is 2.30. The first-order valence-electron chi connectivity index (χ1n) is 4.88. The summed E-state index contributed by atoms with van der Waals surface area (Å²) in [4.78, 5) is 0. The minimum Gasteiger partial charge on any atom is -0.508 e. The van der Waals surface area contributed by atoms with Crippen LogP contribution >= 0.6 is 0 Å². The molecular formula is C12H10N2O3. The summed E-state index contributed by atoms with van der Waals surface area (Å²) in [5, 5.41) is 35.3. The van der Waals surface area contributed by atoms with Gasteiger partial charge in [-0.25, -0.2) is 0 Å². The van der Waals surface area contributed by atoms with Gasteiger partial charge in [-0.3, -0.25) is 0 Å². The lowest BCUT2D eigenvalue weighted by Gasteiger charge is -1.97. The number of aromatic hydroxyl groups is 3. The van der Waals surface area contributed by atoms with E-state index in [1.807, 2.05) is 0 Å². The van der Waals surface area contributed by atoms with Gasteiger partial charge in [-0.15, -0.1) is 0 Å². The topological polar surface area (TPSA) is 85.4 Å². The van der Waals surface area contributed by atoms with Crippen molar-refractivity contribution in [3.05, 3.63) is 42.5 Å². The Kier molecular flexibility index (Phi) is 2.91. The molecule has 0 aromatic heterocycles. The average Bonchev–Trinajstić information content (AvgIpc) is 2.31.